The van der Waals surface area contributed by atoms with Gasteiger partial charge >= 0.3 is 0 Å². The van der Waals surface area contributed by atoms with Crippen LogP contribution in [0.5, 0.6) is 0 Å². The first-order valence-electron chi connectivity index (χ1n) is 7.22. The average molecular weight is 245 g/mol. The number of hydrogen-bond acceptors (Lipinski definition) is 3. The highest BCUT2D eigenvalue weighted by Crippen LogP contribution is 2.34. The molecule has 3 nitrogen and oxygen atoms in total. The topological polar surface area (TPSA) is 28.2 Å². The van der Waals surface area contributed by atoms with Crippen molar-refractivity contribution in [3.8, 4) is 0 Å². The molecule has 3 rings (SSSR count). The maximum atomic E-state index is 4.20. The van der Waals surface area contributed by atoms with Crippen molar-refractivity contribution in [3.05, 3.63) is 30.1 Å². The number of nitrogens with one attached hydrogen (secondary N) is 1. The van der Waals surface area contributed by atoms with Crippen LogP contribution < -0.4 is 5.32 Å². The van der Waals surface area contributed by atoms with E-state index in [2.05, 4.69) is 28.2 Å². The molecule has 18 heavy (non-hydrogen) atoms. The Morgan fingerprint density at radius 3 is 3.17 bits per heavy atom. The van der Waals surface area contributed by atoms with Gasteiger partial charge in [0.05, 0.1) is 0 Å². The minimum absolute atomic E-state index is 0.793. The Morgan fingerprint density at radius 2 is 2.39 bits per heavy atom. The second-order valence-corrected chi connectivity index (χ2v) is 5.66. The highest BCUT2D eigenvalue weighted by atomic mass is 15.2. The van der Waals surface area contributed by atoms with E-state index >= 15 is 0 Å². The molecule has 3 atom stereocenters. The lowest BCUT2D eigenvalue weighted by atomic mass is 9.93. The molecule has 1 aromatic heterocycles. The fourth-order valence-electron chi connectivity index (χ4n) is 3.75. The molecule has 2 fully saturated rings. The van der Waals surface area contributed by atoms with E-state index in [-0.39, 0.29) is 0 Å². The zero-order chi connectivity index (χ0) is 12.4. The third-order valence-corrected chi connectivity index (χ3v) is 4.65. The number of rotatable bonds is 4. The lowest BCUT2D eigenvalue weighted by Gasteiger charge is -2.26. The van der Waals surface area contributed by atoms with E-state index < -0.39 is 0 Å². The van der Waals surface area contributed by atoms with Crippen LogP contribution in [0.25, 0.3) is 0 Å². The largest absolute Gasteiger partial charge is 0.316 e. The van der Waals surface area contributed by atoms with Gasteiger partial charge in [0.25, 0.3) is 0 Å². The molecule has 3 heteroatoms. The van der Waals surface area contributed by atoms with Gasteiger partial charge in [0.1, 0.15) is 0 Å². The molecule has 0 bridgehead atoms. The Hall–Kier alpha value is -0.930. The molecule has 1 aromatic rings. The molecule has 3 heterocycles. The molecule has 0 amide bonds. The Labute approximate surface area is 110 Å². The van der Waals surface area contributed by atoms with E-state index in [4.69, 9.17) is 0 Å². The van der Waals surface area contributed by atoms with Crippen LogP contribution in [-0.2, 0) is 6.42 Å². The van der Waals surface area contributed by atoms with Crippen LogP contribution in [0, 0.1) is 11.8 Å². The summed E-state index contributed by atoms with van der Waals surface area (Å²) in [6.07, 6.45) is 6.27. The summed E-state index contributed by atoms with van der Waals surface area (Å²) in [6.45, 7) is 7.27. The highest BCUT2D eigenvalue weighted by Gasteiger charge is 2.42. The predicted octanol–water partition coefficient (Wildman–Crippen LogP) is 1.55. The quantitative estimate of drug-likeness (QED) is 0.872. The van der Waals surface area contributed by atoms with Crippen molar-refractivity contribution in [2.24, 2.45) is 11.8 Å². The number of aromatic nitrogens is 1. The molecule has 2 saturated heterocycles. The van der Waals surface area contributed by atoms with Gasteiger partial charge < -0.3 is 5.32 Å². The van der Waals surface area contributed by atoms with Crippen LogP contribution in [0.2, 0.25) is 0 Å². The molecule has 0 aromatic carbocycles. The Kier molecular flexibility index (Phi) is 3.62. The van der Waals surface area contributed by atoms with E-state index in [0.29, 0.717) is 0 Å². The number of hydrogen-bond donors (Lipinski definition) is 1. The molecular formula is C15H23N3. The Bertz CT molecular complexity index is 379. The fraction of sp³-hybridized carbons (Fsp3) is 0.667. The van der Waals surface area contributed by atoms with E-state index in [1.165, 1.54) is 38.2 Å². The summed E-state index contributed by atoms with van der Waals surface area (Å²) in [4.78, 5) is 6.91. The first-order chi connectivity index (χ1) is 8.88. The molecular weight excluding hydrogens is 222 g/mol. The third kappa shape index (κ3) is 2.29. The van der Waals surface area contributed by atoms with Gasteiger partial charge in [0.15, 0.2) is 0 Å². The van der Waals surface area contributed by atoms with Gasteiger partial charge in [-0.05, 0) is 49.4 Å². The molecule has 0 aliphatic carbocycles. The zero-order valence-electron chi connectivity index (χ0n) is 11.2. The lowest BCUT2D eigenvalue weighted by molar-refractivity contribution is 0.221. The summed E-state index contributed by atoms with van der Waals surface area (Å²) >= 11 is 0. The monoisotopic (exact) mass is 245 g/mol. The van der Waals surface area contributed by atoms with Crippen molar-refractivity contribution in [3.63, 3.8) is 0 Å². The van der Waals surface area contributed by atoms with Gasteiger partial charge in [0, 0.05) is 31.5 Å². The van der Waals surface area contributed by atoms with E-state index in [1.54, 1.807) is 0 Å². The number of pyridine rings is 1. The van der Waals surface area contributed by atoms with Crippen molar-refractivity contribution in [2.45, 2.75) is 25.8 Å². The summed E-state index contributed by atoms with van der Waals surface area (Å²) in [5.74, 6) is 1.78. The van der Waals surface area contributed by atoms with Crippen LogP contribution in [0.1, 0.15) is 18.9 Å². The Balaban J connectivity index is 1.59. The summed E-state index contributed by atoms with van der Waals surface area (Å²) < 4.78 is 0. The first kappa shape index (κ1) is 12.1. The second-order valence-electron chi connectivity index (χ2n) is 5.66. The summed E-state index contributed by atoms with van der Waals surface area (Å²) in [5, 5.41) is 3.55. The number of likely N-dealkylation sites (tertiary alicyclic amines) is 1. The molecule has 3 unspecified atom stereocenters. The van der Waals surface area contributed by atoms with Crippen LogP contribution in [0.3, 0.4) is 0 Å². The van der Waals surface area contributed by atoms with Gasteiger partial charge in [-0.25, -0.2) is 0 Å². The normalized spacial score (nSPS) is 31.7. The first-order valence-corrected chi connectivity index (χ1v) is 7.22. The van der Waals surface area contributed by atoms with Crippen LogP contribution in [0.4, 0.5) is 0 Å². The summed E-state index contributed by atoms with van der Waals surface area (Å²) in [6, 6.07) is 5.02. The lowest BCUT2D eigenvalue weighted by Crippen LogP contribution is -2.36. The van der Waals surface area contributed by atoms with Gasteiger partial charge in [0.2, 0.25) is 0 Å². The van der Waals surface area contributed by atoms with E-state index in [1.807, 2.05) is 18.5 Å². The van der Waals surface area contributed by atoms with Crippen LogP contribution >= 0.6 is 0 Å². The minimum Gasteiger partial charge on any atom is -0.316 e. The molecule has 1 N–H and O–H groups in total. The highest BCUT2D eigenvalue weighted by molar-refractivity contribution is 5.09. The van der Waals surface area contributed by atoms with E-state index in [0.717, 1.165) is 24.3 Å². The zero-order valence-corrected chi connectivity index (χ0v) is 11.2. The number of nitrogens with zero attached hydrogens (tertiary/aromatic N) is 2. The minimum atomic E-state index is 0.793. The number of fused-ring (bicyclic) bond motifs is 1. The van der Waals surface area contributed by atoms with Crippen LogP contribution in [-0.4, -0.2) is 42.1 Å². The summed E-state index contributed by atoms with van der Waals surface area (Å²) in [5.41, 5.74) is 1.36. The molecule has 0 spiro atoms. The summed E-state index contributed by atoms with van der Waals surface area (Å²) in [7, 11) is 0. The molecule has 98 valence electrons. The molecule has 0 saturated carbocycles. The van der Waals surface area contributed by atoms with E-state index in [9.17, 15) is 0 Å². The predicted molar refractivity (Wildman–Crippen MR) is 73.4 cm³/mol. The fourth-order valence-corrected chi connectivity index (χ4v) is 3.75. The van der Waals surface area contributed by atoms with Gasteiger partial charge in [-0.3, -0.25) is 9.88 Å². The maximum Gasteiger partial charge on any atom is 0.0300 e. The molecule has 2 aliphatic heterocycles. The average Bonchev–Trinajstić information content (AvgIpc) is 2.97. The maximum absolute atomic E-state index is 4.20. The Morgan fingerprint density at radius 1 is 1.44 bits per heavy atom. The van der Waals surface area contributed by atoms with Crippen molar-refractivity contribution in [1.29, 1.82) is 0 Å². The van der Waals surface area contributed by atoms with Gasteiger partial charge in [-0.15, -0.1) is 0 Å². The SMILES string of the molecule is CCC1C2CNCC2CN1CCc1cccnc1. The smallest absolute Gasteiger partial charge is 0.0300 e. The standard InChI is InChI=1S/C15H23N3/c1-2-15-14-10-17-9-13(14)11-18(15)7-5-12-4-3-6-16-8-12/h3-4,6,8,13-15,17H,2,5,7,9-11H2,1H3. The van der Waals surface area contributed by atoms with Crippen molar-refractivity contribution >= 4 is 0 Å². The second kappa shape index (κ2) is 5.37. The third-order valence-electron chi connectivity index (χ3n) is 4.65. The van der Waals surface area contributed by atoms with Crippen molar-refractivity contribution in [2.75, 3.05) is 26.2 Å². The van der Waals surface area contributed by atoms with Crippen LogP contribution in [0.15, 0.2) is 24.5 Å². The molecule has 2 aliphatic rings. The van der Waals surface area contributed by atoms with Gasteiger partial charge in [-0.2, -0.15) is 0 Å². The van der Waals surface area contributed by atoms with Crippen molar-refractivity contribution in [1.82, 2.24) is 15.2 Å². The van der Waals surface area contributed by atoms with Crippen molar-refractivity contribution < 1.29 is 0 Å². The van der Waals surface area contributed by atoms with Gasteiger partial charge in [-0.1, -0.05) is 13.0 Å². The molecule has 0 radical (unpaired) electrons.